The Bertz CT molecular complexity index is 375. The average molecular weight is 223 g/mol. The number of amides is 1. The number of primary amides is 1. The molecule has 86 valence electrons. The van der Waals surface area contributed by atoms with Crippen molar-refractivity contribution in [3.05, 3.63) is 23.9 Å². The highest BCUT2D eigenvalue weighted by atomic mass is 16.5. The molecule has 0 aliphatic heterocycles. The number of anilines is 1. The molecule has 0 aromatic carbocycles. The standard InChI is InChI=1S/C10H13N3O3/c1-2-16-10(15)7-3-4-9(12-5-7)13-6-8(11)14/h3-5H,2,6H2,1H3,(H2,11,14)(H,12,13). The van der Waals surface area contributed by atoms with Gasteiger partial charge in [0.05, 0.1) is 18.7 Å². The minimum atomic E-state index is -0.476. The van der Waals surface area contributed by atoms with Crippen LogP contribution < -0.4 is 11.1 Å². The highest BCUT2D eigenvalue weighted by molar-refractivity contribution is 5.89. The quantitative estimate of drug-likeness (QED) is 0.693. The SMILES string of the molecule is CCOC(=O)c1ccc(NCC(N)=O)nc1. The first-order valence-electron chi connectivity index (χ1n) is 4.79. The molecule has 16 heavy (non-hydrogen) atoms. The second-order valence-corrected chi connectivity index (χ2v) is 2.97. The van der Waals surface area contributed by atoms with Crippen LogP contribution in [0.3, 0.4) is 0 Å². The third-order valence-electron chi connectivity index (χ3n) is 1.72. The number of carbonyl (C=O) groups is 2. The summed E-state index contributed by atoms with van der Waals surface area (Å²) in [6, 6.07) is 3.14. The predicted octanol–water partition coefficient (Wildman–Crippen LogP) is 0.155. The molecule has 0 aliphatic carbocycles. The topological polar surface area (TPSA) is 94.3 Å². The second-order valence-electron chi connectivity index (χ2n) is 2.97. The zero-order valence-electron chi connectivity index (χ0n) is 8.90. The van der Waals surface area contributed by atoms with Gasteiger partial charge in [-0.2, -0.15) is 0 Å². The molecule has 1 aromatic heterocycles. The van der Waals surface area contributed by atoms with Gasteiger partial charge >= 0.3 is 5.97 Å². The van der Waals surface area contributed by atoms with Gasteiger partial charge in [0.25, 0.3) is 0 Å². The molecule has 0 unspecified atom stereocenters. The number of hydrogen-bond acceptors (Lipinski definition) is 5. The fourth-order valence-corrected chi connectivity index (χ4v) is 1.01. The van der Waals surface area contributed by atoms with E-state index in [1.54, 1.807) is 19.1 Å². The second kappa shape index (κ2) is 5.69. The number of esters is 1. The number of nitrogens with two attached hydrogens (primary N) is 1. The molecular weight excluding hydrogens is 210 g/mol. The number of carbonyl (C=O) groups excluding carboxylic acids is 2. The molecule has 6 nitrogen and oxygen atoms in total. The molecule has 0 aliphatic rings. The molecule has 0 bridgehead atoms. The molecule has 0 atom stereocenters. The van der Waals surface area contributed by atoms with Gasteiger partial charge in [-0.05, 0) is 19.1 Å². The highest BCUT2D eigenvalue weighted by Gasteiger charge is 2.06. The number of hydrogen-bond donors (Lipinski definition) is 2. The lowest BCUT2D eigenvalue weighted by molar-refractivity contribution is -0.116. The highest BCUT2D eigenvalue weighted by Crippen LogP contribution is 2.05. The molecular formula is C10H13N3O3. The van der Waals surface area contributed by atoms with Crippen molar-refractivity contribution in [1.29, 1.82) is 0 Å². The van der Waals surface area contributed by atoms with Gasteiger partial charge in [0.1, 0.15) is 5.82 Å². The Morgan fingerprint density at radius 1 is 1.50 bits per heavy atom. The Morgan fingerprint density at radius 2 is 2.25 bits per heavy atom. The van der Waals surface area contributed by atoms with Crippen molar-refractivity contribution in [2.75, 3.05) is 18.5 Å². The van der Waals surface area contributed by atoms with E-state index in [4.69, 9.17) is 10.5 Å². The van der Waals surface area contributed by atoms with E-state index in [0.29, 0.717) is 18.0 Å². The van der Waals surface area contributed by atoms with Gasteiger partial charge in [0, 0.05) is 6.20 Å². The summed E-state index contributed by atoms with van der Waals surface area (Å²) in [5.74, 6) is -0.417. The van der Waals surface area contributed by atoms with Crippen molar-refractivity contribution in [2.45, 2.75) is 6.92 Å². The van der Waals surface area contributed by atoms with Crippen molar-refractivity contribution < 1.29 is 14.3 Å². The maximum absolute atomic E-state index is 11.3. The van der Waals surface area contributed by atoms with Crippen molar-refractivity contribution in [3.63, 3.8) is 0 Å². The summed E-state index contributed by atoms with van der Waals surface area (Å²) in [6.45, 7) is 2.06. The largest absolute Gasteiger partial charge is 0.462 e. The summed E-state index contributed by atoms with van der Waals surface area (Å²) in [5.41, 5.74) is 5.32. The zero-order valence-corrected chi connectivity index (χ0v) is 8.90. The van der Waals surface area contributed by atoms with E-state index in [1.807, 2.05) is 0 Å². The number of rotatable bonds is 5. The minimum Gasteiger partial charge on any atom is -0.462 e. The van der Waals surface area contributed by atoms with Crippen molar-refractivity contribution >= 4 is 17.7 Å². The molecule has 0 saturated carbocycles. The normalized spacial score (nSPS) is 9.56. The minimum absolute atomic E-state index is 0.00571. The lowest BCUT2D eigenvalue weighted by Gasteiger charge is -2.04. The average Bonchev–Trinajstić information content (AvgIpc) is 2.27. The van der Waals surface area contributed by atoms with Crippen LogP contribution in [0.25, 0.3) is 0 Å². The van der Waals surface area contributed by atoms with E-state index in [2.05, 4.69) is 10.3 Å². The number of nitrogens with zero attached hydrogens (tertiary/aromatic N) is 1. The van der Waals surface area contributed by atoms with Crippen LogP contribution in [0.2, 0.25) is 0 Å². The van der Waals surface area contributed by atoms with E-state index < -0.39 is 11.9 Å². The zero-order chi connectivity index (χ0) is 12.0. The van der Waals surface area contributed by atoms with Crippen molar-refractivity contribution in [2.24, 2.45) is 5.73 Å². The Morgan fingerprint density at radius 3 is 2.75 bits per heavy atom. The molecule has 1 heterocycles. The van der Waals surface area contributed by atoms with E-state index in [0.717, 1.165) is 0 Å². The van der Waals surface area contributed by atoms with Crippen molar-refractivity contribution in [1.82, 2.24) is 4.98 Å². The Hall–Kier alpha value is -2.11. The van der Waals surface area contributed by atoms with Crippen LogP contribution in [0.15, 0.2) is 18.3 Å². The Balaban J connectivity index is 2.60. The van der Waals surface area contributed by atoms with E-state index in [-0.39, 0.29) is 6.54 Å². The fraction of sp³-hybridized carbons (Fsp3) is 0.300. The molecule has 3 N–H and O–H groups in total. The summed E-state index contributed by atoms with van der Waals surface area (Å²) in [6.07, 6.45) is 1.38. The number of nitrogens with one attached hydrogen (secondary N) is 1. The van der Waals surface area contributed by atoms with E-state index >= 15 is 0 Å². The maximum Gasteiger partial charge on any atom is 0.339 e. The number of aromatic nitrogens is 1. The molecule has 1 rings (SSSR count). The van der Waals surface area contributed by atoms with Crippen molar-refractivity contribution in [3.8, 4) is 0 Å². The summed E-state index contributed by atoms with van der Waals surface area (Å²) >= 11 is 0. The number of ether oxygens (including phenoxy) is 1. The summed E-state index contributed by atoms with van der Waals surface area (Å²) in [4.78, 5) is 25.7. The lowest BCUT2D eigenvalue weighted by Crippen LogP contribution is -2.22. The van der Waals surface area contributed by atoms with Gasteiger partial charge in [0.2, 0.25) is 5.91 Å². The first-order valence-corrected chi connectivity index (χ1v) is 4.79. The summed E-state index contributed by atoms with van der Waals surface area (Å²) in [7, 11) is 0. The maximum atomic E-state index is 11.3. The molecule has 1 amide bonds. The van der Waals surface area contributed by atoms with E-state index in [9.17, 15) is 9.59 Å². The van der Waals surface area contributed by atoms with Gasteiger partial charge in [-0.15, -0.1) is 0 Å². The smallest absolute Gasteiger partial charge is 0.339 e. The van der Waals surface area contributed by atoms with Crippen LogP contribution in [0.4, 0.5) is 5.82 Å². The molecule has 0 saturated heterocycles. The Kier molecular flexibility index (Phi) is 4.26. The van der Waals surface area contributed by atoms with Crippen LogP contribution in [-0.4, -0.2) is 30.0 Å². The summed E-state index contributed by atoms with van der Waals surface area (Å²) in [5, 5.41) is 2.70. The van der Waals surface area contributed by atoms with Gasteiger partial charge in [-0.25, -0.2) is 9.78 Å². The third-order valence-corrected chi connectivity index (χ3v) is 1.72. The van der Waals surface area contributed by atoms with Gasteiger partial charge < -0.3 is 15.8 Å². The van der Waals surface area contributed by atoms with Gasteiger partial charge in [-0.1, -0.05) is 0 Å². The number of pyridine rings is 1. The predicted molar refractivity (Wildman–Crippen MR) is 57.9 cm³/mol. The third kappa shape index (κ3) is 3.56. The van der Waals surface area contributed by atoms with Gasteiger partial charge in [-0.3, -0.25) is 4.79 Å². The van der Waals surface area contributed by atoms with E-state index in [1.165, 1.54) is 6.20 Å². The fourth-order valence-electron chi connectivity index (χ4n) is 1.01. The monoisotopic (exact) mass is 223 g/mol. The lowest BCUT2D eigenvalue weighted by atomic mass is 10.3. The first kappa shape index (κ1) is 12.0. The van der Waals surface area contributed by atoms with Crippen LogP contribution in [-0.2, 0) is 9.53 Å². The van der Waals surface area contributed by atoms with Gasteiger partial charge in [0.15, 0.2) is 0 Å². The molecule has 0 spiro atoms. The van der Waals surface area contributed by atoms with Crippen LogP contribution in [0.1, 0.15) is 17.3 Å². The molecule has 0 fully saturated rings. The Labute approximate surface area is 92.8 Å². The van der Waals surface area contributed by atoms with Crippen LogP contribution >= 0.6 is 0 Å². The summed E-state index contributed by atoms with van der Waals surface area (Å²) < 4.78 is 4.79. The van der Waals surface area contributed by atoms with Crippen LogP contribution in [0.5, 0.6) is 0 Å². The van der Waals surface area contributed by atoms with Crippen LogP contribution in [0, 0.1) is 0 Å². The molecule has 1 aromatic rings. The first-order chi connectivity index (χ1) is 7.63. The molecule has 0 radical (unpaired) electrons. The molecule has 6 heteroatoms.